The molecule has 2 aromatic heterocycles. The minimum absolute atomic E-state index is 0. The first kappa shape index (κ1) is 27.1. The summed E-state index contributed by atoms with van der Waals surface area (Å²) in [6.07, 6.45) is 5.84. The van der Waals surface area contributed by atoms with Crippen LogP contribution in [0.2, 0.25) is 0 Å². The van der Waals surface area contributed by atoms with Crippen LogP contribution in [0.25, 0.3) is 0 Å². The first-order valence-corrected chi connectivity index (χ1v) is 8.18. The summed E-state index contributed by atoms with van der Waals surface area (Å²) in [4.78, 5) is 50.9. The zero-order valence-corrected chi connectivity index (χ0v) is 19.6. The van der Waals surface area contributed by atoms with E-state index in [1.54, 1.807) is 0 Å². The van der Waals surface area contributed by atoms with Crippen LogP contribution in [0, 0.1) is 0 Å². The molecule has 2 amide bonds. The molecule has 31 heavy (non-hydrogen) atoms. The van der Waals surface area contributed by atoms with Crippen molar-refractivity contribution >= 4 is 35.2 Å². The van der Waals surface area contributed by atoms with Crippen LogP contribution in [0.5, 0.6) is 0 Å². The number of aliphatic carboxylic acids is 2. The van der Waals surface area contributed by atoms with E-state index in [0.717, 1.165) is 0 Å². The average molecular weight is 480 g/mol. The zero-order chi connectivity index (χ0) is 22.5. The van der Waals surface area contributed by atoms with Crippen molar-refractivity contribution in [1.29, 1.82) is 0 Å². The molecule has 0 aliphatic rings. The second kappa shape index (κ2) is 14.2. The van der Waals surface area contributed by atoms with Crippen LogP contribution in [-0.2, 0) is 29.1 Å². The maximum atomic E-state index is 11.3. The Hall–Kier alpha value is -3.86. The minimum atomic E-state index is -1.18. The molecule has 0 radical (unpaired) electrons. The van der Waals surface area contributed by atoms with Crippen molar-refractivity contribution in [3.8, 4) is 0 Å². The molecule has 0 unspecified atom stereocenters. The van der Waals surface area contributed by atoms with Crippen LogP contribution in [0.1, 0.15) is 34.6 Å². The van der Waals surface area contributed by atoms with Gasteiger partial charge in [0.1, 0.15) is 11.4 Å². The quantitative estimate of drug-likeness (QED) is 0.263. The molecule has 2 aromatic rings. The smallest absolute Gasteiger partial charge is 0.351 e. The number of hydrogen-bond acceptors (Lipinski definition) is 8. The topological polar surface area (TPSA) is 183 Å². The van der Waals surface area contributed by atoms with E-state index in [0.29, 0.717) is 11.1 Å². The van der Waals surface area contributed by atoms with Gasteiger partial charge in [-0.15, -0.1) is 0 Å². The molecule has 0 spiro atoms. The third kappa shape index (κ3) is 10.5. The Bertz CT molecular complexity index is 887. The van der Waals surface area contributed by atoms with Gasteiger partial charge in [-0.2, -0.15) is 10.2 Å². The number of nitrogens with one attached hydrogen (secondary N) is 2. The molecule has 2 rings (SSSR count). The number of carboxylic acids is 2. The summed E-state index contributed by atoms with van der Waals surface area (Å²) in [6.45, 7) is 2.57. The van der Waals surface area contributed by atoms with Crippen molar-refractivity contribution in [2.45, 2.75) is 13.8 Å². The van der Waals surface area contributed by atoms with E-state index in [1.807, 2.05) is 0 Å². The maximum Gasteiger partial charge on any atom is 0.351 e. The molecular formula is C18H18N6O6Zn. The fourth-order valence-electron chi connectivity index (χ4n) is 1.50. The molecule has 0 saturated carbocycles. The minimum Gasteiger partial charge on any atom is -0.477 e. The van der Waals surface area contributed by atoms with Crippen LogP contribution in [-0.4, -0.2) is 55.4 Å². The van der Waals surface area contributed by atoms with Gasteiger partial charge in [-0.3, -0.25) is 19.6 Å². The Morgan fingerprint density at radius 1 is 0.710 bits per heavy atom. The van der Waals surface area contributed by atoms with E-state index in [2.05, 4.69) is 31.0 Å². The molecule has 0 bridgehead atoms. The van der Waals surface area contributed by atoms with Gasteiger partial charge in [-0.1, -0.05) is 0 Å². The number of hydrogen-bond donors (Lipinski definition) is 4. The van der Waals surface area contributed by atoms with Crippen molar-refractivity contribution in [2.75, 3.05) is 0 Å². The van der Waals surface area contributed by atoms with E-state index >= 15 is 0 Å². The Morgan fingerprint density at radius 3 is 1.26 bits per heavy atom. The van der Waals surface area contributed by atoms with Gasteiger partial charge in [-0.25, -0.2) is 20.4 Å². The zero-order valence-electron chi connectivity index (χ0n) is 16.6. The maximum absolute atomic E-state index is 11.3. The molecule has 0 aliphatic carbocycles. The number of carbonyl (C=O) groups excluding carboxylic acids is 2. The summed E-state index contributed by atoms with van der Waals surface area (Å²) in [5.41, 5.74) is 4.61. The van der Waals surface area contributed by atoms with Gasteiger partial charge in [0.15, 0.2) is 0 Å². The number of rotatable bonds is 6. The molecule has 158 valence electrons. The Kier molecular flexibility index (Phi) is 12.4. The number of aromatic nitrogens is 2. The molecule has 4 N–H and O–H groups in total. The molecule has 0 saturated heterocycles. The molecular weight excluding hydrogens is 462 g/mol. The van der Waals surface area contributed by atoms with Crippen molar-refractivity contribution in [3.63, 3.8) is 0 Å². The van der Waals surface area contributed by atoms with Gasteiger partial charge >= 0.3 is 11.9 Å². The summed E-state index contributed by atoms with van der Waals surface area (Å²) in [7, 11) is 0. The summed E-state index contributed by atoms with van der Waals surface area (Å²) >= 11 is 0. The Labute approximate surface area is 189 Å². The largest absolute Gasteiger partial charge is 0.477 e. The van der Waals surface area contributed by atoms with E-state index in [1.165, 1.54) is 62.9 Å². The summed E-state index contributed by atoms with van der Waals surface area (Å²) in [5, 5.41) is 23.7. The third-order valence-electron chi connectivity index (χ3n) is 3.15. The second-order valence-electron chi connectivity index (χ2n) is 5.36. The fourth-order valence-corrected chi connectivity index (χ4v) is 1.50. The standard InChI is InChI=1S/2C9H9N3O3.Zn/c2*1-6(9(14)15)11-12-8(13)7-2-4-10-5-3-7;/h2*2-5H,1H3,(H,12,13)(H,14,15);/b2*11-6+;. The molecule has 13 heteroatoms. The van der Waals surface area contributed by atoms with E-state index in [9.17, 15) is 19.2 Å². The molecule has 0 aliphatic heterocycles. The van der Waals surface area contributed by atoms with Crippen molar-refractivity contribution < 1.29 is 48.9 Å². The molecule has 12 nitrogen and oxygen atoms in total. The number of pyridine rings is 2. The van der Waals surface area contributed by atoms with Crippen molar-refractivity contribution in [2.24, 2.45) is 10.2 Å². The normalized spacial score (nSPS) is 10.5. The van der Waals surface area contributed by atoms with Crippen LogP contribution in [0.3, 0.4) is 0 Å². The monoisotopic (exact) mass is 478 g/mol. The molecule has 0 aromatic carbocycles. The fraction of sp³-hybridized carbons (Fsp3) is 0.111. The van der Waals surface area contributed by atoms with Gasteiger partial charge < -0.3 is 10.2 Å². The van der Waals surface area contributed by atoms with Gasteiger partial charge in [0.05, 0.1) is 0 Å². The number of carboxylic acid groups (broad SMARTS) is 2. The number of carbonyl (C=O) groups is 4. The van der Waals surface area contributed by atoms with Gasteiger partial charge in [0.2, 0.25) is 0 Å². The molecule has 0 fully saturated rings. The van der Waals surface area contributed by atoms with Crippen LogP contribution in [0.4, 0.5) is 0 Å². The first-order chi connectivity index (χ1) is 14.2. The first-order valence-electron chi connectivity index (χ1n) is 8.18. The van der Waals surface area contributed by atoms with Gasteiger partial charge in [0, 0.05) is 55.4 Å². The Balaban J connectivity index is 0.000000562. The second-order valence-corrected chi connectivity index (χ2v) is 5.36. The van der Waals surface area contributed by atoms with Gasteiger partial charge in [-0.05, 0) is 38.1 Å². The number of hydrazone groups is 2. The van der Waals surface area contributed by atoms with Gasteiger partial charge in [0.25, 0.3) is 11.8 Å². The van der Waals surface area contributed by atoms with Crippen molar-refractivity contribution in [1.82, 2.24) is 20.8 Å². The molecule has 0 atom stereocenters. The van der Waals surface area contributed by atoms with E-state index < -0.39 is 23.8 Å². The summed E-state index contributed by atoms with van der Waals surface area (Å²) in [5.74, 6) is -3.30. The van der Waals surface area contributed by atoms with E-state index in [-0.39, 0.29) is 30.9 Å². The van der Waals surface area contributed by atoms with Crippen LogP contribution < -0.4 is 10.9 Å². The average Bonchev–Trinajstić information content (AvgIpc) is 2.76. The predicted octanol–water partition coefficient (Wildman–Crippen LogP) is 0.541. The SMILES string of the molecule is C/C(=N\NC(=O)c1ccncc1)C(=O)O.C/C(=N\NC(=O)c1ccncc1)C(=O)O.[Zn]. The third-order valence-corrected chi connectivity index (χ3v) is 3.15. The number of nitrogens with zero attached hydrogens (tertiary/aromatic N) is 4. The van der Waals surface area contributed by atoms with Crippen molar-refractivity contribution in [3.05, 3.63) is 60.2 Å². The van der Waals surface area contributed by atoms with E-state index in [4.69, 9.17) is 10.2 Å². The summed E-state index contributed by atoms with van der Waals surface area (Å²) < 4.78 is 0. The predicted molar refractivity (Wildman–Crippen MR) is 105 cm³/mol. The Morgan fingerprint density at radius 2 is 1.00 bits per heavy atom. The van der Waals surface area contributed by atoms with Crippen LogP contribution in [0.15, 0.2) is 59.3 Å². The summed E-state index contributed by atoms with van der Waals surface area (Å²) in [6, 6.07) is 6.00. The number of amides is 2. The van der Waals surface area contributed by atoms with Crippen LogP contribution >= 0.6 is 0 Å². The molecule has 2 heterocycles.